The summed E-state index contributed by atoms with van der Waals surface area (Å²) < 4.78 is 5.87. The molecule has 1 fully saturated rings. The molecule has 4 heteroatoms. The SMILES string of the molecule is Cc1c(N)nc(C(C)(C)C)nc1OC1CCC1. The van der Waals surface area contributed by atoms with Crippen molar-refractivity contribution in [1.29, 1.82) is 0 Å². The number of anilines is 1. The number of hydrogen-bond donors (Lipinski definition) is 1. The Morgan fingerprint density at radius 3 is 2.35 bits per heavy atom. The number of nitrogens with two attached hydrogens (primary N) is 1. The van der Waals surface area contributed by atoms with E-state index in [2.05, 4.69) is 30.7 Å². The molecule has 0 aromatic carbocycles. The molecule has 0 spiro atoms. The summed E-state index contributed by atoms with van der Waals surface area (Å²) in [5.41, 5.74) is 6.66. The summed E-state index contributed by atoms with van der Waals surface area (Å²) in [6, 6.07) is 0. The summed E-state index contributed by atoms with van der Waals surface area (Å²) in [5, 5.41) is 0. The summed E-state index contributed by atoms with van der Waals surface area (Å²) in [4.78, 5) is 8.86. The van der Waals surface area contributed by atoms with Gasteiger partial charge in [-0.05, 0) is 26.2 Å². The maximum atomic E-state index is 5.92. The van der Waals surface area contributed by atoms with E-state index in [0.717, 1.165) is 24.2 Å². The molecule has 4 nitrogen and oxygen atoms in total. The molecular weight excluding hydrogens is 214 g/mol. The number of hydrogen-bond acceptors (Lipinski definition) is 4. The van der Waals surface area contributed by atoms with Crippen LogP contribution in [0.1, 0.15) is 51.4 Å². The molecule has 0 bridgehead atoms. The third kappa shape index (κ3) is 2.51. The summed E-state index contributed by atoms with van der Waals surface area (Å²) >= 11 is 0. The Kier molecular flexibility index (Phi) is 2.98. The van der Waals surface area contributed by atoms with Crippen molar-refractivity contribution in [2.24, 2.45) is 0 Å². The molecule has 0 amide bonds. The Hall–Kier alpha value is -1.32. The van der Waals surface area contributed by atoms with Gasteiger partial charge >= 0.3 is 0 Å². The Labute approximate surface area is 103 Å². The Bertz CT molecular complexity index is 419. The van der Waals surface area contributed by atoms with Crippen LogP contribution in [-0.4, -0.2) is 16.1 Å². The molecule has 2 N–H and O–H groups in total. The third-order valence-corrected chi connectivity index (χ3v) is 3.14. The lowest BCUT2D eigenvalue weighted by Crippen LogP contribution is -2.27. The van der Waals surface area contributed by atoms with E-state index < -0.39 is 0 Å². The van der Waals surface area contributed by atoms with Gasteiger partial charge < -0.3 is 10.5 Å². The lowest BCUT2D eigenvalue weighted by atomic mass is 9.95. The van der Waals surface area contributed by atoms with Gasteiger partial charge in [-0.25, -0.2) is 4.98 Å². The summed E-state index contributed by atoms with van der Waals surface area (Å²) in [6.07, 6.45) is 3.80. The lowest BCUT2D eigenvalue weighted by molar-refractivity contribution is 0.113. The molecule has 1 aromatic heterocycles. The first-order valence-corrected chi connectivity index (χ1v) is 6.19. The molecule has 1 aliphatic carbocycles. The first kappa shape index (κ1) is 12.1. The van der Waals surface area contributed by atoms with Crippen LogP contribution in [0.15, 0.2) is 0 Å². The lowest BCUT2D eigenvalue weighted by Gasteiger charge is -2.27. The van der Waals surface area contributed by atoms with Crippen molar-refractivity contribution in [3.63, 3.8) is 0 Å². The fraction of sp³-hybridized carbons (Fsp3) is 0.692. The van der Waals surface area contributed by atoms with Crippen molar-refractivity contribution in [3.05, 3.63) is 11.4 Å². The summed E-state index contributed by atoms with van der Waals surface area (Å²) in [5.74, 6) is 1.93. The Balaban J connectivity index is 2.32. The molecule has 17 heavy (non-hydrogen) atoms. The molecule has 0 unspecified atom stereocenters. The van der Waals surface area contributed by atoms with Crippen LogP contribution in [-0.2, 0) is 5.41 Å². The number of rotatable bonds is 2. The van der Waals surface area contributed by atoms with Crippen molar-refractivity contribution >= 4 is 5.82 Å². The van der Waals surface area contributed by atoms with E-state index in [1.807, 2.05) is 6.92 Å². The first-order chi connectivity index (χ1) is 7.88. The van der Waals surface area contributed by atoms with Crippen LogP contribution in [0.2, 0.25) is 0 Å². The fourth-order valence-corrected chi connectivity index (χ4v) is 1.61. The molecule has 1 heterocycles. The average Bonchev–Trinajstić information content (AvgIpc) is 2.15. The van der Waals surface area contributed by atoms with Gasteiger partial charge in [-0.3, -0.25) is 0 Å². The molecule has 0 saturated heterocycles. The van der Waals surface area contributed by atoms with Crippen LogP contribution in [0, 0.1) is 6.92 Å². The van der Waals surface area contributed by atoms with Crippen molar-refractivity contribution in [2.75, 3.05) is 5.73 Å². The summed E-state index contributed by atoms with van der Waals surface area (Å²) in [6.45, 7) is 8.13. The molecule has 0 atom stereocenters. The van der Waals surface area contributed by atoms with Gasteiger partial charge in [0.25, 0.3) is 0 Å². The molecule has 94 valence electrons. The van der Waals surface area contributed by atoms with E-state index in [4.69, 9.17) is 10.5 Å². The maximum absolute atomic E-state index is 5.92. The third-order valence-electron chi connectivity index (χ3n) is 3.14. The average molecular weight is 235 g/mol. The Morgan fingerprint density at radius 1 is 1.24 bits per heavy atom. The second kappa shape index (κ2) is 4.17. The smallest absolute Gasteiger partial charge is 0.222 e. The quantitative estimate of drug-likeness (QED) is 0.856. The molecule has 1 aromatic rings. The number of ether oxygens (including phenoxy) is 1. The molecule has 0 aliphatic heterocycles. The molecule has 1 aliphatic rings. The maximum Gasteiger partial charge on any atom is 0.222 e. The highest BCUT2D eigenvalue weighted by atomic mass is 16.5. The molecule has 1 saturated carbocycles. The predicted octanol–water partition coefficient (Wildman–Crippen LogP) is 2.60. The fourth-order valence-electron chi connectivity index (χ4n) is 1.61. The zero-order valence-corrected chi connectivity index (χ0v) is 11.1. The van der Waals surface area contributed by atoms with Gasteiger partial charge in [0.1, 0.15) is 17.7 Å². The Morgan fingerprint density at radius 2 is 1.88 bits per heavy atom. The van der Waals surface area contributed by atoms with Crippen LogP contribution in [0.5, 0.6) is 5.88 Å². The first-order valence-electron chi connectivity index (χ1n) is 6.19. The van der Waals surface area contributed by atoms with Crippen molar-refractivity contribution in [2.45, 2.75) is 58.5 Å². The van der Waals surface area contributed by atoms with E-state index in [9.17, 15) is 0 Å². The monoisotopic (exact) mass is 235 g/mol. The van der Waals surface area contributed by atoms with Gasteiger partial charge in [-0.2, -0.15) is 4.98 Å². The van der Waals surface area contributed by atoms with Gasteiger partial charge in [0, 0.05) is 5.41 Å². The topological polar surface area (TPSA) is 61.0 Å². The van der Waals surface area contributed by atoms with Gasteiger partial charge in [-0.1, -0.05) is 20.8 Å². The molecule has 0 radical (unpaired) electrons. The van der Waals surface area contributed by atoms with Crippen LogP contribution in [0.3, 0.4) is 0 Å². The van der Waals surface area contributed by atoms with Crippen LogP contribution < -0.4 is 10.5 Å². The summed E-state index contributed by atoms with van der Waals surface area (Å²) in [7, 11) is 0. The number of nitrogen functional groups attached to an aromatic ring is 1. The highest BCUT2D eigenvalue weighted by Crippen LogP contribution is 2.30. The minimum atomic E-state index is -0.112. The van der Waals surface area contributed by atoms with Gasteiger partial charge in [0.05, 0.1) is 5.56 Å². The van der Waals surface area contributed by atoms with Gasteiger partial charge in [-0.15, -0.1) is 0 Å². The van der Waals surface area contributed by atoms with E-state index in [-0.39, 0.29) is 5.41 Å². The number of nitrogens with zero attached hydrogens (tertiary/aromatic N) is 2. The minimum absolute atomic E-state index is 0.112. The highest BCUT2D eigenvalue weighted by molar-refractivity contribution is 5.45. The minimum Gasteiger partial charge on any atom is -0.474 e. The molecule has 2 rings (SSSR count). The zero-order chi connectivity index (χ0) is 12.6. The van der Waals surface area contributed by atoms with Crippen LogP contribution in [0.25, 0.3) is 0 Å². The molecular formula is C13H21N3O. The second-order valence-corrected chi connectivity index (χ2v) is 5.78. The highest BCUT2D eigenvalue weighted by Gasteiger charge is 2.24. The van der Waals surface area contributed by atoms with Crippen LogP contribution in [0.4, 0.5) is 5.82 Å². The van der Waals surface area contributed by atoms with E-state index in [1.165, 1.54) is 6.42 Å². The van der Waals surface area contributed by atoms with E-state index in [0.29, 0.717) is 17.8 Å². The largest absolute Gasteiger partial charge is 0.474 e. The van der Waals surface area contributed by atoms with Crippen molar-refractivity contribution < 1.29 is 4.74 Å². The second-order valence-electron chi connectivity index (χ2n) is 5.78. The van der Waals surface area contributed by atoms with Crippen molar-refractivity contribution in [1.82, 2.24) is 9.97 Å². The number of aromatic nitrogens is 2. The van der Waals surface area contributed by atoms with E-state index >= 15 is 0 Å². The predicted molar refractivity (Wildman–Crippen MR) is 68.1 cm³/mol. The van der Waals surface area contributed by atoms with Crippen LogP contribution >= 0.6 is 0 Å². The zero-order valence-electron chi connectivity index (χ0n) is 11.1. The normalized spacial score (nSPS) is 16.7. The van der Waals surface area contributed by atoms with Gasteiger partial charge in [0.2, 0.25) is 5.88 Å². The standard InChI is InChI=1S/C13H21N3O/c1-8-10(14)15-12(13(2,3)4)16-11(8)17-9-6-5-7-9/h9H,5-7H2,1-4H3,(H2,14,15,16). The van der Waals surface area contributed by atoms with E-state index in [1.54, 1.807) is 0 Å². The van der Waals surface area contributed by atoms with Gasteiger partial charge in [0.15, 0.2) is 0 Å². The van der Waals surface area contributed by atoms with Crippen molar-refractivity contribution in [3.8, 4) is 5.88 Å².